The lowest BCUT2D eigenvalue weighted by atomic mass is 9.82. The Morgan fingerprint density at radius 3 is 1.29 bits per heavy atom. The number of rotatable bonds is 14. The van der Waals surface area contributed by atoms with Gasteiger partial charge in [0.2, 0.25) is 55.4 Å². The van der Waals surface area contributed by atoms with Gasteiger partial charge in [-0.15, -0.1) is 0 Å². The SMILES string of the molecule is C[C@@H]1CC/C=C\[C@@H]2C[C@@]2(C(=O)NS(=O)(=O)C2CC2)CC(=O)[C@@H]2C[C@@H](Oc3nccc4c5c(ccc34)N(C)CCO5)CN2C(=O)[C@@H](CC(=O)OC(C)(C)C)[C@H](C)C1.C[C@H]1CC/C=C\[C@@H]2C[C@@]2(C(=O)NS(=O)(=O)C2CC2)CC(=O)[C@@H]2C[C@@H](Oc3nccc4c5c(ccc34)N(C)CCO5)CN2C(=O)[C@@H](CC(=O)OC(C)(C)C)[C@H](C)C1. The number of carbonyl (C=O) groups is 8. The van der Waals surface area contributed by atoms with Crippen molar-refractivity contribution in [2.24, 2.45) is 58.2 Å². The van der Waals surface area contributed by atoms with Gasteiger partial charge in [-0.05, 0) is 190 Å². The summed E-state index contributed by atoms with van der Waals surface area (Å²) in [7, 11) is -3.69. The van der Waals surface area contributed by atoms with E-state index in [9.17, 15) is 55.2 Å². The van der Waals surface area contributed by atoms with Crippen molar-refractivity contribution in [3.05, 3.63) is 73.1 Å². The van der Waals surface area contributed by atoms with Gasteiger partial charge in [0.25, 0.3) is 0 Å². The molecule has 0 bridgehead atoms. The zero-order valence-electron chi connectivity index (χ0n) is 66.8. The van der Waals surface area contributed by atoms with Gasteiger partial charge in [0, 0.05) is 73.7 Å². The first-order valence-electron chi connectivity index (χ1n) is 40.3. The van der Waals surface area contributed by atoms with Crippen LogP contribution in [0.15, 0.2) is 73.1 Å². The predicted octanol–water partition coefficient (Wildman–Crippen LogP) is 10.7. The number of nitrogens with zero attached hydrogens (tertiary/aromatic N) is 6. The molecule has 4 amide bonds. The van der Waals surface area contributed by atoms with E-state index in [0.29, 0.717) is 76.3 Å². The molecule has 2 saturated heterocycles. The van der Waals surface area contributed by atoms with Crippen LogP contribution in [0.4, 0.5) is 11.4 Å². The highest BCUT2D eigenvalue weighted by Crippen LogP contribution is 2.59. The van der Waals surface area contributed by atoms with Gasteiger partial charge in [0.1, 0.15) is 36.6 Å². The van der Waals surface area contributed by atoms with Gasteiger partial charge in [-0.2, -0.15) is 0 Å². The van der Waals surface area contributed by atoms with E-state index in [0.717, 1.165) is 83.2 Å². The molecule has 0 unspecified atom stereocenters. The molecule has 608 valence electrons. The van der Waals surface area contributed by atoms with E-state index < -0.39 is 112 Å². The number of amides is 4. The monoisotopic (exact) mass is 1580 g/mol. The zero-order valence-corrected chi connectivity index (χ0v) is 68.5. The molecule has 4 aliphatic carbocycles. The molecule has 0 radical (unpaired) electrons. The number of sulfonamides is 2. The number of ether oxygens (including phenoxy) is 6. The van der Waals surface area contributed by atoms with Gasteiger partial charge in [0.15, 0.2) is 23.1 Å². The molecule has 2 aromatic carbocycles. The molecule has 28 heteroatoms. The number of fused-ring (bicyclic) bond motifs is 10. The molecule has 0 spiro atoms. The number of anilines is 2. The maximum Gasteiger partial charge on any atom is 0.307 e. The van der Waals surface area contributed by atoms with Gasteiger partial charge >= 0.3 is 11.9 Å². The molecule has 2 aromatic heterocycles. The maximum absolute atomic E-state index is 14.9. The minimum atomic E-state index is -3.85. The van der Waals surface area contributed by atoms with E-state index in [1.54, 1.807) is 53.9 Å². The molecular formula is C84H112N8O18S2. The number of benzene rings is 2. The molecule has 4 saturated carbocycles. The molecule has 112 heavy (non-hydrogen) atoms. The van der Waals surface area contributed by atoms with Gasteiger partial charge in [-0.3, -0.25) is 47.8 Å². The molecule has 26 nitrogen and oxygen atoms in total. The highest BCUT2D eigenvalue weighted by atomic mass is 32.2. The number of pyridine rings is 2. The molecule has 4 aromatic rings. The lowest BCUT2D eigenvalue weighted by Gasteiger charge is -2.32. The Bertz CT molecular complexity index is 4340. The Hall–Kier alpha value is -8.40. The number of nitrogens with one attached hydrogen (secondary N) is 2. The lowest BCUT2D eigenvalue weighted by Crippen LogP contribution is -2.47. The summed E-state index contributed by atoms with van der Waals surface area (Å²) in [5, 5.41) is 1.94. The second-order valence-corrected chi connectivity index (χ2v) is 39.7. The Labute approximate surface area is 658 Å². The van der Waals surface area contributed by atoms with Crippen LogP contribution in [0, 0.1) is 58.2 Å². The topological polar surface area (TPSA) is 323 Å². The summed E-state index contributed by atoms with van der Waals surface area (Å²) >= 11 is 0. The predicted molar refractivity (Wildman–Crippen MR) is 421 cm³/mol. The van der Waals surface area contributed by atoms with Crippen LogP contribution in [0.2, 0.25) is 0 Å². The van der Waals surface area contributed by atoms with Crippen LogP contribution in [0.25, 0.3) is 21.5 Å². The van der Waals surface area contributed by atoms with Crippen LogP contribution in [0.5, 0.6) is 23.3 Å². The van der Waals surface area contributed by atoms with E-state index in [-0.39, 0.29) is 111 Å². The molecule has 14 rings (SSSR count). The largest absolute Gasteiger partial charge is 0.489 e. The first-order valence-corrected chi connectivity index (χ1v) is 43.4. The number of likely N-dealkylation sites (N-methyl/N-ethyl adjacent to an activating group) is 2. The average molecular weight is 1590 g/mol. The second-order valence-electron chi connectivity index (χ2n) is 35.8. The van der Waals surface area contributed by atoms with Gasteiger partial charge in [-0.25, -0.2) is 26.8 Å². The summed E-state index contributed by atoms with van der Waals surface area (Å²) in [6.07, 6.45) is 16.6. The number of aromatic nitrogens is 2. The summed E-state index contributed by atoms with van der Waals surface area (Å²) in [4.78, 5) is 130. The summed E-state index contributed by atoms with van der Waals surface area (Å²) in [6, 6.07) is 9.61. The summed E-state index contributed by atoms with van der Waals surface area (Å²) in [5.41, 5.74) is -2.08. The second kappa shape index (κ2) is 32.1. The zero-order chi connectivity index (χ0) is 80.3. The third-order valence-electron chi connectivity index (χ3n) is 24.3. The summed E-state index contributed by atoms with van der Waals surface area (Å²) in [6.45, 7) is 21.6. The maximum atomic E-state index is 14.9. The van der Waals surface area contributed by atoms with E-state index in [1.807, 2.05) is 88.6 Å². The number of esters is 2. The van der Waals surface area contributed by atoms with Crippen LogP contribution in [-0.2, 0) is 67.9 Å². The van der Waals surface area contributed by atoms with Crippen molar-refractivity contribution in [3.8, 4) is 23.3 Å². The van der Waals surface area contributed by atoms with Crippen molar-refractivity contribution in [1.29, 1.82) is 0 Å². The molecule has 14 atom stereocenters. The minimum absolute atomic E-state index is 0.0587. The van der Waals surface area contributed by atoms with Crippen molar-refractivity contribution in [3.63, 3.8) is 0 Å². The van der Waals surface area contributed by atoms with E-state index in [1.165, 1.54) is 9.80 Å². The Morgan fingerprint density at radius 1 is 0.536 bits per heavy atom. The number of allylic oxidation sites excluding steroid dienone is 4. The fourth-order valence-corrected chi connectivity index (χ4v) is 20.5. The Balaban J connectivity index is 0.000000196. The third kappa shape index (κ3) is 18.2. The van der Waals surface area contributed by atoms with Crippen molar-refractivity contribution in [2.75, 3.05) is 63.3 Å². The lowest BCUT2D eigenvalue weighted by molar-refractivity contribution is -0.160. The van der Waals surface area contributed by atoms with Gasteiger partial charge < -0.3 is 48.0 Å². The summed E-state index contributed by atoms with van der Waals surface area (Å²) in [5.74, 6) is -3.69. The fourth-order valence-electron chi connectivity index (χ4n) is 17.7. The van der Waals surface area contributed by atoms with Crippen LogP contribution < -0.4 is 38.2 Å². The smallest absolute Gasteiger partial charge is 0.307 e. The van der Waals surface area contributed by atoms with Crippen LogP contribution >= 0.6 is 0 Å². The highest BCUT2D eigenvalue weighted by Gasteiger charge is 2.64. The van der Waals surface area contributed by atoms with Crippen LogP contribution in [-0.4, -0.2) is 183 Å². The van der Waals surface area contributed by atoms with Gasteiger partial charge in [0.05, 0.1) is 95.6 Å². The first kappa shape index (κ1) is 81.6. The Kier molecular flexibility index (Phi) is 23.4. The van der Waals surface area contributed by atoms with E-state index in [4.69, 9.17) is 28.4 Å². The number of hydrogen-bond acceptors (Lipinski definition) is 22. The number of hydrogen-bond donors (Lipinski definition) is 2. The standard InChI is InChI=1S/2C42H56N4O9S/c2*1-25-9-7-8-10-27-22-42(27,40(50)44-56(51,52)29-11-12-29)23-35(47)34-20-28(24-46(34)39(49)32(26(2)19-25)21-36(48)55-41(3,4)5)54-38-31-13-14-33-37(30(31)15-16-43-38)53-18-17-45(33)6/h2*8,10,13-16,25-29,32,34H,7,9,11-12,17-24H2,1-6H3,(H,44,50)/b2*10-8-/t25-,26+,27+,28+,32-,34-,42+;25-,26-,27-,28-,32+,34+,42-/m01/s1. The molecule has 10 aliphatic rings. The van der Waals surface area contributed by atoms with Crippen molar-refractivity contribution < 1.29 is 83.6 Å². The number of carbonyl (C=O) groups excluding carboxylic acids is 8. The Morgan fingerprint density at radius 2 is 0.920 bits per heavy atom. The average Bonchev–Trinajstić information content (AvgIpc) is 1.58. The fraction of sp³-hybridized carbons (Fsp3) is 0.643. The molecule has 6 aliphatic heterocycles. The molecular weight excluding hydrogens is 1470 g/mol. The third-order valence-corrected chi connectivity index (χ3v) is 28.0. The summed E-state index contributed by atoms with van der Waals surface area (Å²) < 4.78 is 93.1. The molecule has 8 heterocycles. The van der Waals surface area contributed by atoms with Crippen molar-refractivity contribution in [1.82, 2.24) is 29.2 Å². The number of ketones is 2. The van der Waals surface area contributed by atoms with Gasteiger partial charge in [-0.1, -0.05) is 52.0 Å². The van der Waals surface area contributed by atoms with E-state index >= 15 is 0 Å². The minimum Gasteiger partial charge on any atom is -0.489 e. The van der Waals surface area contributed by atoms with Crippen LogP contribution in [0.3, 0.4) is 0 Å². The van der Waals surface area contributed by atoms with Crippen molar-refractivity contribution >= 4 is 100 Å². The molecule has 6 fully saturated rings. The number of Topliss-reactive ketones (excluding diaryl/α,β-unsaturated/α-hetero) is 2. The van der Waals surface area contributed by atoms with Crippen LogP contribution in [0.1, 0.15) is 185 Å². The quantitative estimate of drug-likeness (QED) is 0.0875. The highest BCUT2D eigenvalue weighted by molar-refractivity contribution is 7.91. The normalized spacial score (nSPS) is 30.5. The van der Waals surface area contributed by atoms with Crippen molar-refractivity contribution in [2.45, 2.75) is 231 Å². The van der Waals surface area contributed by atoms with E-state index in [2.05, 4.69) is 43.1 Å². The first-order chi connectivity index (χ1) is 52.9. The molecule has 2 N–H and O–H groups in total.